The minimum Gasteiger partial charge on any atom is -0.340 e. The molecule has 4 heterocycles. The molecule has 0 unspecified atom stereocenters. The number of nitrogens with one attached hydrogen (secondary N) is 1. The van der Waals surface area contributed by atoms with Crippen LogP contribution in [0.4, 0.5) is 17.2 Å². The number of hydrogen-bond donors (Lipinski definition) is 1. The summed E-state index contributed by atoms with van der Waals surface area (Å²) in [4.78, 5) is 27.8. The number of rotatable bonds is 5. The third-order valence-electron chi connectivity index (χ3n) is 7.27. The molecule has 0 radical (unpaired) electrons. The lowest BCUT2D eigenvalue weighted by atomic mass is 10.0. The summed E-state index contributed by atoms with van der Waals surface area (Å²) >= 11 is 0. The van der Waals surface area contributed by atoms with E-state index in [1.165, 1.54) is 16.7 Å². The molecule has 2 fully saturated rings. The number of anilines is 3. The SMILES string of the molecule is C=C1C(=O)N(c2ccc3ncnc(Nc4ccc(Cc5ccn6ncnc6c5)c(C)c4)c3c2)[C@@H]2C[C@H]12. The van der Waals surface area contributed by atoms with E-state index in [4.69, 9.17) is 0 Å². The average Bonchev–Trinajstić information content (AvgIpc) is 3.44. The van der Waals surface area contributed by atoms with Gasteiger partial charge < -0.3 is 10.2 Å². The highest BCUT2D eigenvalue weighted by Crippen LogP contribution is 2.50. The molecule has 176 valence electrons. The van der Waals surface area contributed by atoms with Crippen LogP contribution in [0.1, 0.15) is 23.1 Å². The number of benzene rings is 2. The van der Waals surface area contributed by atoms with Gasteiger partial charge in [-0.3, -0.25) is 4.79 Å². The zero-order valence-electron chi connectivity index (χ0n) is 19.7. The van der Waals surface area contributed by atoms with Crippen molar-refractivity contribution in [3.63, 3.8) is 0 Å². The molecule has 0 spiro atoms. The molecule has 0 bridgehead atoms. The maximum Gasteiger partial charge on any atom is 0.254 e. The Balaban J connectivity index is 1.17. The van der Waals surface area contributed by atoms with Gasteiger partial charge in [0.1, 0.15) is 18.5 Å². The molecule has 1 saturated carbocycles. The topological polar surface area (TPSA) is 88.3 Å². The van der Waals surface area contributed by atoms with Gasteiger partial charge in [0.15, 0.2) is 5.65 Å². The van der Waals surface area contributed by atoms with Gasteiger partial charge in [0, 0.05) is 40.5 Å². The summed E-state index contributed by atoms with van der Waals surface area (Å²) in [5.74, 6) is 1.04. The first-order chi connectivity index (χ1) is 17.5. The van der Waals surface area contributed by atoms with Crippen LogP contribution in [0.15, 0.2) is 79.5 Å². The summed E-state index contributed by atoms with van der Waals surface area (Å²) in [6.07, 6.45) is 6.87. The molecule has 1 amide bonds. The van der Waals surface area contributed by atoms with Crippen LogP contribution in [-0.4, -0.2) is 36.5 Å². The van der Waals surface area contributed by atoms with E-state index in [1.54, 1.807) is 17.2 Å². The van der Waals surface area contributed by atoms with Crippen molar-refractivity contribution in [2.24, 2.45) is 5.92 Å². The van der Waals surface area contributed by atoms with Crippen molar-refractivity contribution >= 4 is 39.6 Å². The molecular formula is C28H23N7O. The van der Waals surface area contributed by atoms with E-state index < -0.39 is 0 Å². The third kappa shape index (κ3) is 3.33. The molecule has 8 nitrogen and oxygen atoms in total. The van der Waals surface area contributed by atoms with Crippen LogP contribution < -0.4 is 10.2 Å². The number of fused-ring (bicyclic) bond motifs is 3. The Morgan fingerprint density at radius 2 is 1.97 bits per heavy atom. The van der Waals surface area contributed by atoms with Crippen molar-refractivity contribution in [1.82, 2.24) is 24.6 Å². The van der Waals surface area contributed by atoms with Crippen molar-refractivity contribution in [3.8, 4) is 0 Å². The molecule has 8 heteroatoms. The lowest BCUT2D eigenvalue weighted by Crippen LogP contribution is -2.28. The van der Waals surface area contributed by atoms with Crippen LogP contribution >= 0.6 is 0 Å². The quantitative estimate of drug-likeness (QED) is 0.375. The van der Waals surface area contributed by atoms with Crippen LogP contribution in [0.3, 0.4) is 0 Å². The minimum atomic E-state index is 0.0244. The zero-order chi connectivity index (χ0) is 24.4. The molecule has 7 rings (SSSR count). The fourth-order valence-electron chi connectivity index (χ4n) is 5.20. The van der Waals surface area contributed by atoms with E-state index in [1.807, 2.05) is 29.3 Å². The van der Waals surface area contributed by atoms with Crippen LogP contribution in [0.5, 0.6) is 0 Å². The third-order valence-corrected chi connectivity index (χ3v) is 7.27. The van der Waals surface area contributed by atoms with Gasteiger partial charge in [-0.05, 0) is 78.9 Å². The van der Waals surface area contributed by atoms with Crippen LogP contribution in [0.25, 0.3) is 16.6 Å². The minimum absolute atomic E-state index is 0.0244. The summed E-state index contributed by atoms with van der Waals surface area (Å²) in [5, 5.41) is 8.50. The number of carbonyl (C=O) groups is 1. The molecule has 3 aromatic heterocycles. The first kappa shape index (κ1) is 20.8. The van der Waals surface area contributed by atoms with E-state index in [9.17, 15) is 4.79 Å². The molecule has 1 N–H and O–H groups in total. The molecule has 1 aliphatic carbocycles. The Labute approximate surface area is 207 Å². The summed E-state index contributed by atoms with van der Waals surface area (Å²) < 4.78 is 1.76. The van der Waals surface area contributed by atoms with Gasteiger partial charge in [-0.1, -0.05) is 12.6 Å². The van der Waals surface area contributed by atoms with E-state index in [2.05, 4.69) is 69.2 Å². The molecule has 2 aliphatic rings. The molecule has 2 atom stereocenters. The fraction of sp³-hybridized carbons (Fsp3) is 0.179. The maximum absolute atomic E-state index is 12.7. The normalized spacial score (nSPS) is 18.8. The molecule has 5 aromatic rings. The fourth-order valence-corrected chi connectivity index (χ4v) is 5.20. The predicted octanol–water partition coefficient (Wildman–Crippen LogP) is 4.61. The van der Waals surface area contributed by atoms with E-state index in [-0.39, 0.29) is 11.9 Å². The molecule has 1 saturated heterocycles. The van der Waals surface area contributed by atoms with Crippen LogP contribution in [-0.2, 0) is 11.2 Å². The molecule has 1 aliphatic heterocycles. The predicted molar refractivity (Wildman–Crippen MR) is 138 cm³/mol. The molecule has 36 heavy (non-hydrogen) atoms. The van der Waals surface area contributed by atoms with Gasteiger partial charge in [0.2, 0.25) is 0 Å². The number of carbonyl (C=O) groups excluding carboxylic acids is 1. The zero-order valence-corrected chi connectivity index (χ0v) is 19.7. The number of aromatic nitrogens is 5. The smallest absolute Gasteiger partial charge is 0.254 e. The largest absolute Gasteiger partial charge is 0.340 e. The highest BCUT2D eigenvalue weighted by molar-refractivity contribution is 6.11. The summed E-state index contributed by atoms with van der Waals surface area (Å²) in [6.45, 7) is 6.10. The number of nitrogens with zero attached hydrogens (tertiary/aromatic N) is 6. The van der Waals surface area contributed by atoms with Gasteiger partial charge >= 0.3 is 0 Å². The van der Waals surface area contributed by atoms with Crippen molar-refractivity contribution < 1.29 is 4.79 Å². The Morgan fingerprint density at radius 3 is 2.81 bits per heavy atom. The molecular weight excluding hydrogens is 450 g/mol. The first-order valence-corrected chi connectivity index (χ1v) is 12.0. The lowest BCUT2D eigenvalue weighted by Gasteiger charge is -2.19. The summed E-state index contributed by atoms with van der Waals surface area (Å²) in [5.41, 5.74) is 7.81. The molecule has 2 aromatic carbocycles. The first-order valence-electron chi connectivity index (χ1n) is 12.0. The highest BCUT2D eigenvalue weighted by Gasteiger charge is 2.54. The van der Waals surface area contributed by atoms with Crippen molar-refractivity contribution in [3.05, 3.63) is 96.2 Å². The second kappa shape index (κ2) is 7.71. The van der Waals surface area contributed by atoms with E-state index >= 15 is 0 Å². The number of pyridine rings is 1. The van der Waals surface area contributed by atoms with Gasteiger partial charge in [0.05, 0.1) is 5.52 Å². The Morgan fingerprint density at radius 1 is 1.06 bits per heavy atom. The van der Waals surface area contributed by atoms with Crippen LogP contribution in [0, 0.1) is 12.8 Å². The number of amides is 1. The second-order valence-corrected chi connectivity index (χ2v) is 9.57. The van der Waals surface area contributed by atoms with Crippen molar-refractivity contribution in [1.29, 1.82) is 0 Å². The van der Waals surface area contributed by atoms with Gasteiger partial charge in [0.25, 0.3) is 5.91 Å². The number of piperidine rings is 1. The Kier molecular flexibility index (Phi) is 4.44. The summed E-state index contributed by atoms with van der Waals surface area (Å²) in [6, 6.07) is 16.6. The number of hydrogen-bond acceptors (Lipinski definition) is 6. The van der Waals surface area contributed by atoms with Gasteiger partial charge in [-0.25, -0.2) is 19.5 Å². The summed E-state index contributed by atoms with van der Waals surface area (Å²) in [7, 11) is 0. The van der Waals surface area contributed by atoms with Gasteiger partial charge in [-0.15, -0.1) is 0 Å². The number of aryl methyl sites for hydroxylation is 1. The highest BCUT2D eigenvalue weighted by atomic mass is 16.2. The van der Waals surface area contributed by atoms with Crippen molar-refractivity contribution in [2.45, 2.75) is 25.8 Å². The maximum atomic E-state index is 12.7. The van der Waals surface area contributed by atoms with Crippen molar-refractivity contribution in [2.75, 3.05) is 10.2 Å². The second-order valence-electron chi connectivity index (χ2n) is 9.57. The van der Waals surface area contributed by atoms with Gasteiger partial charge in [-0.2, -0.15) is 5.10 Å². The lowest BCUT2D eigenvalue weighted by molar-refractivity contribution is -0.114. The van der Waals surface area contributed by atoms with E-state index in [0.29, 0.717) is 11.7 Å². The van der Waals surface area contributed by atoms with Crippen LogP contribution in [0.2, 0.25) is 0 Å². The average molecular weight is 474 g/mol. The monoisotopic (exact) mass is 473 g/mol. The van der Waals surface area contributed by atoms with E-state index in [0.717, 1.165) is 46.3 Å². The Hall–Kier alpha value is -4.59. The Bertz CT molecular complexity index is 1710. The standard InChI is InChI=1S/C28H23N7O/c1-16-9-20(4-3-19(16)10-18-7-8-34-26(11-18)30-15-32-34)33-27-23-12-21(5-6-24(23)29-14-31-27)35-25-13-22(25)17(2)28(35)36/h3-9,11-12,14-15,22,25H,2,10,13H2,1H3,(H,29,31,33)/t22-,25-/m1/s1.